The van der Waals surface area contributed by atoms with Crippen LogP contribution in [0.4, 0.5) is 0 Å². The Balaban J connectivity index is 0.963. The van der Waals surface area contributed by atoms with E-state index in [0.717, 1.165) is 0 Å². The minimum Gasteiger partial charge on any atom is -0.477 e. The van der Waals surface area contributed by atoms with Gasteiger partial charge in [0.05, 0.1) is 102 Å². The van der Waals surface area contributed by atoms with Gasteiger partial charge in [-0.1, -0.05) is 27.7 Å². The van der Waals surface area contributed by atoms with Crippen molar-refractivity contribution in [3.63, 3.8) is 0 Å². The fraction of sp³-hybridized carbons (Fsp3) is 0.984. The monoisotopic (exact) mass is 1550 g/mol. The van der Waals surface area contributed by atoms with Crippen LogP contribution in [0.5, 0.6) is 0 Å². The number of aliphatic carboxylic acids is 1. The van der Waals surface area contributed by atoms with Crippen molar-refractivity contribution < 1.29 is 213 Å². The molecule has 9 aliphatic heterocycles. The van der Waals surface area contributed by atoms with Crippen LogP contribution >= 0.6 is 0 Å². The van der Waals surface area contributed by atoms with Gasteiger partial charge in [0, 0.05) is 30.1 Å². The summed E-state index contributed by atoms with van der Waals surface area (Å²) >= 11 is 0. The molecule has 0 aromatic carbocycles. The van der Waals surface area contributed by atoms with Crippen molar-refractivity contribution in [3.8, 4) is 0 Å². The lowest BCUT2D eigenvalue weighted by Crippen LogP contribution is -2.68. The van der Waals surface area contributed by atoms with Crippen molar-refractivity contribution in [2.75, 3.05) is 59.5 Å². The first-order valence-electron chi connectivity index (χ1n) is 35.0. The van der Waals surface area contributed by atoms with E-state index in [4.69, 9.17) is 86.3 Å². The van der Waals surface area contributed by atoms with E-state index >= 15 is 0 Å². The number of rotatable bonds is 28. The van der Waals surface area contributed by atoms with Gasteiger partial charge in [0.2, 0.25) is 0 Å². The molecule has 46 atom stereocenters. The fourth-order valence-electron chi connectivity index (χ4n) is 14.4. The van der Waals surface area contributed by atoms with Gasteiger partial charge in [0.1, 0.15) is 165 Å². The average molecular weight is 1550 g/mol. The Bertz CT molecular complexity index is 2690. The van der Waals surface area contributed by atoms with Gasteiger partial charge in [-0.3, -0.25) is 0 Å². The van der Waals surface area contributed by atoms with Crippen LogP contribution in [0.3, 0.4) is 0 Å². The number of hydrogen-bond donors (Lipinski definition) is 26. The quantitative estimate of drug-likeness (QED) is 0.0346. The number of ether oxygens (including phenoxy) is 17. The summed E-state index contributed by atoms with van der Waals surface area (Å²) in [7, 11) is 0. The summed E-state index contributed by atoms with van der Waals surface area (Å²) in [5.41, 5.74) is 5.95. The van der Waals surface area contributed by atoms with E-state index in [-0.39, 0.29) is 0 Å². The minimum absolute atomic E-state index is 0.530. The Kier molecular flexibility index (Phi) is 30.9. The summed E-state index contributed by atoms with van der Waals surface area (Å²) in [6.45, 7) is -1.28. The maximum absolute atomic E-state index is 12.8. The second kappa shape index (κ2) is 37.4. The third-order valence-electron chi connectivity index (χ3n) is 21.5. The van der Waals surface area contributed by atoms with Gasteiger partial charge in [-0.15, -0.1) is 0 Å². The standard InChI is InChI=1S/C62H107NO43/c1-16-20(5)92-26(11-68)47(33(16)74)100-55-18(3)34(75)49(28(13-70)96-55)102-58-46(87)51(41(82)29(98-58)14-90-59-52(43(84)38(79)24(9-66)94-59)104-54-17(2)32(73)37(78)23(8-65)93-54)103-60-53(44(85)39(80)25(10-67)95-60)105-56-19(4)35(76)48(27(12-69)97-56)101-57-45(86)42(83)40(81)30(99-57)15-91-62(61(88)89)6-21(71)31(63)50(106-62)36(77)22(72)7-64/h16-60,64-87H,6-15,63H2,1-5H3,(H,88,89)/t16-,17?,18+,19?,20+,21-,22-,23+,24?,25-,26?,27?,28?,29?,30?,31-,32?,33?,34?,35-,36-,37-,38-,39-,40+,41-,42?,43+,44?,45+,46-,47-,48-,49-,50?,51?,52?,53?,54+,55+,56+,57+,58+,59+,60-,62-/m1/s1. The lowest BCUT2D eigenvalue weighted by atomic mass is 9.88. The molecule has 9 saturated heterocycles. The average Bonchev–Trinajstić information content (AvgIpc) is 0.777. The first-order chi connectivity index (χ1) is 50.1. The Morgan fingerprint density at radius 1 is 0.387 bits per heavy atom. The van der Waals surface area contributed by atoms with Gasteiger partial charge in [-0.25, -0.2) is 4.79 Å². The van der Waals surface area contributed by atoms with Crippen LogP contribution in [0.15, 0.2) is 0 Å². The van der Waals surface area contributed by atoms with E-state index in [0.29, 0.717) is 0 Å². The van der Waals surface area contributed by atoms with Crippen LogP contribution in [-0.4, -0.2) is 450 Å². The lowest BCUT2D eigenvalue weighted by molar-refractivity contribution is -0.402. The molecule has 9 aliphatic rings. The van der Waals surface area contributed by atoms with Crippen LogP contribution in [-0.2, 0) is 85.3 Å². The largest absolute Gasteiger partial charge is 0.477 e. The Hall–Kier alpha value is -2.21. The van der Waals surface area contributed by atoms with Crippen LogP contribution < -0.4 is 5.73 Å². The van der Waals surface area contributed by atoms with E-state index in [1.54, 1.807) is 13.8 Å². The maximum Gasteiger partial charge on any atom is 0.364 e. The highest BCUT2D eigenvalue weighted by molar-refractivity contribution is 5.76. The third kappa shape index (κ3) is 18.1. The number of carboxylic acid groups (broad SMARTS) is 1. The first-order valence-corrected chi connectivity index (χ1v) is 35.0. The SMILES string of the molecule is CC1C(O)[C@H](O)[C@H](CO)O[C@H]1OC1[C@@H](OCC2O[C@@H](O[C@@H]3C(CO)O[C@@H](O[C@@H]4C(CO)O[C@@H](C)[C@@H](C)C4O)[C@@H](C)C3O)[C@H](O)C(O[C@H]3O[C@H](CO)[C@@H](O)C(O)C3O[C@@H]3OC(CO)[C@@H](O[C@@H]4OC(CO[C@]5(C(=O)O)C[C@@H](O)[C@@H](N)C([C@H](O)[C@H](O)CO)O5)[C@H](O)C(O)[C@@H]4O)[C@H](O)C3C)[C@@H]2O)OC(CO)[C@@H](O)[C@@H]1O. The number of aliphatic hydroxyl groups is 24. The van der Waals surface area contributed by atoms with Crippen molar-refractivity contribution >= 4 is 5.97 Å². The summed E-state index contributed by atoms with van der Waals surface area (Å²) in [6.07, 6.45) is -74.4. The summed E-state index contributed by atoms with van der Waals surface area (Å²) < 4.78 is 101. The number of carboxylic acids is 1. The zero-order valence-electron chi connectivity index (χ0n) is 58.2. The van der Waals surface area contributed by atoms with Crippen LogP contribution in [0, 0.1) is 23.7 Å². The van der Waals surface area contributed by atoms with Crippen molar-refractivity contribution in [2.45, 2.75) is 298 Å². The molecule has 0 aromatic rings. The molecule has 17 unspecified atom stereocenters. The molecule has 27 N–H and O–H groups in total. The molecular formula is C62H107NO43. The number of aliphatic hydroxyl groups excluding tert-OH is 24. The van der Waals surface area contributed by atoms with Crippen LogP contribution in [0.1, 0.15) is 41.0 Å². The van der Waals surface area contributed by atoms with E-state index in [1.165, 1.54) is 20.8 Å². The second-order valence-corrected chi connectivity index (χ2v) is 28.6. The van der Waals surface area contributed by atoms with Gasteiger partial charge >= 0.3 is 5.97 Å². The van der Waals surface area contributed by atoms with E-state index < -0.39 is 353 Å². The number of hydrogen-bond acceptors (Lipinski definition) is 43. The molecule has 44 nitrogen and oxygen atoms in total. The smallest absolute Gasteiger partial charge is 0.364 e. The predicted octanol–water partition coefficient (Wildman–Crippen LogP) is -15.3. The van der Waals surface area contributed by atoms with E-state index in [9.17, 15) is 132 Å². The van der Waals surface area contributed by atoms with Gasteiger partial charge in [0.15, 0.2) is 44.0 Å². The Labute approximate surface area is 604 Å². The van der Waals surface area contributed by atoms with Crippen molar-refractivity contribution in [1.82, 2.24) is 0 Å². The maximum atomic E-state index is 12.8. The molecule has 0 aromatic heterocycles. The molecule has 0 saturated carbocycles. The molecule has 0 spiro atoms. The number of nitrogens with two attached hydrogens (primary N) is 1. The summed E-state index contributed by atoms with van der Waals surface area (Å²) in [5.74, 6) is -9.13. The molecular weight excluding hydrogens is 1450 g/mol. The highest BCUT2D eigenvalue weighted by atomic mass is 16.8. The summed E-state index contributed by atoms with van der Waals surface area (Å²) in [5, 5.41) is 275. The van der Waals surface area contributed by atoms with Crippen LogP contribution in [0.2, 0.25) is 0 Å². The molecule has 0 aliphatic carbocycles. The molecule has 618 valence electrons. The van der Waals surface area contributed by atoms with Gasteiger partial charge in [-0.05, 0) is 6.92 Å². The topological polar surface area (TPSA) is 706 Å². The molecule has 9 rings (SSSR count). The molecule has 0 bridgehead atoms. The Morgan fingerprint density at radius 3 is 1.24 bits per heavy atom. The van der Waals surface area contributed by atoms with Gasteiger partial charge < -0.3 is 214 Å². The molecule has 106 heavy (non-hydrogen) atoms. The zero-order valence-corrected chi connectivity index (χ0v) is 58.2. The molecule has 0 amide bonds. The third-order valence-corrected chi connectivity index (χ3v) is 21.5. The molecule has 0 radical (unpaired) electrons. The number of carbonyl (C=O) groups is 1. The zero-order chi connectivity index (χ0) is 78.1. The van der Waals surface area contributed by atoms with Crippen molar-refractivity contribution in [2.24, 2.45) is 29.4 Å². The first kappa shape index (κ1) is 87.8. The minimum atomic E-state index is -2.93. The van der Waals surface area contributed by atoms with Crippen molar-refractivity contribution in [3.05, 3.63) is 0 Å². The van der Waals surface area contributed by atoms with Gasteiger partial charge in [-0.2, -0.15) is 0 Å². The second-order valence-electron chi connectivity index (χ2n) is 28.6. The normalized spacial score (nSPS) is 51.9. The molecule has 44 heteroatoms. The van der Waals surface area contributed by atoms with Crippen molar-refractivity contribution in [1.29, 1.82) is 0 Å². The lowest BCUT2D eigenvalue weighted by Gasteiger charge is -2.51. The summed E-state index contributed by atoms with van der Waals surface area (Å²) in [6, 6.07) is -1.55. The van der Waals surface area contributed by atoms with E-state index in [2.05, 4.69) is 0 Å². The van der Waals surface area contributed by atoms with E-state index in [1.807, 2.05) is 0 Å². The summed E-state index contributed by atoms with van der Waals surface area (Å²) in [4.78, 5) is 12.8. The highest BCUT2D eigenvalue weighted by Crippen LogP contribution is 2.42. The fourth-order valence-corrected chi connectivity index (χ4v) is 14.4. The molecule has 9 heterocycles. The molecule has 9 fully saturated rings. The predicted molar refractivity (Wildman–Crippen MR) is 332 cm³/mol. The van der Waals surface area contributed by atoms with Gasteiger partial charge in [0.25, 0.3) is 5.79 Å². The van der Waals surface area contributed by atoms with Crippen LogP contribution in [0.25, 0.3) is 0 Å². The highest BCUT2D eigenvalue weighted by Gasteiger charge is 2.61. The Morgan fingerprint density at radius 2 is 0.755 bits per heavy atom.